The summed E-state index contributed by atoms with van der Waals surface area (Å²) in [6, 6.07) is 0. The Morgan fingerprint density at radius 2 is 1.96 bits per heavy atom. The highest BCUT2D eigenvalue weighted by atomic mass is 16.4. The van der Waals surface area contributed by atoms with Crippen molar-refractivity contribution >= 4 is 11.9 Å². The maximum atomic E-state index is 12.0. The molecule has 0 unspecified atom stereocenters. The zero-order chi connectivity index (χ0) is 18.1. The van der Waals surface area contributed by atoms with E-state index in [-0.39, 0.29) is 23.7 Å². The van der Waals surface area contributed by atoms with E-state index in [0.717, 1.165) is 38.5 Å². The normalized spacial score (nSPS) is 37.2. The van der Waals surface area contributed by atoms with E-state index in [1.54, 1.807) is 0 Å². The van der Waals surface area contributed by atoms with Gasteiger partial charge in [0.05, 0.1) is 5.41 Å². The lowest BCUT2D eigenvalue weighted by Gasteiger charge is -2.56. The molecular weight excluding hydrogens is 304 g/mol. The van der Waals surface area contributed by atoms with E-state index in [4.69, 9.17) is 5.11 Å². The number of rotatable bonds is 6. The Morgan fingerprint density at radius 3 is 2.54 bits per heavy atom. The summed E-state index contributed by atoms with van der Waals surface area (Å²) in [5, 5.41) is 18.8. The van der Waals surface area contributed by atoms with Gasteiger partial charge in [-0.2, -0.15) is 0 Å². The predicted octanol–water partition coefficient (Wildman–Crippen LogP) is 4.74. The minimum atomic E-state index is -0.737. The Kier molecular flexibility index (Phi) is 5.46. The molecule has 0 aromatic carbocycles. The van der Waals surface area contributed by atoms with E-state index < -0.39 is 17.4 Å². The number of hydrogen-bond acceptors (Lipinski definition) is 2. The van der Waals surface area contributed by atoms with Gasteiger partial charge in [-0.1, -0.05) is 31.9 Å². The molecule has 0 amide bonds. The van der Waals surface area contributed by atoms with Crippen molar-refractivity contribution in [2.75, 3.05) is 0 Å². The maximum Gasteiger partial charge on any atom is 0.309 e. The first-order valence-corrected chi connectivity index (χ1v) is 9.23. The van der Waals surface area contributed by atoms with Gasteiger partial charge in [-0.05, 0) is 69.1 Å². The molecule has 0 aliphatic heterocycles. The van der Waals surface area contributed by atoms with Gasteiger partial charge in [-0.3, -0.25) is 9.59 Å². The zero-order valence-corrected chi connectivity index (χ0v) is 15.5. The van der Waals surface area contributed by atoms with Crippen molar-refractivity contribution in [1.82, 2.24) is 0 Å². The molecule has 5 atom stereocenters. The van der Waals surface area contributed by atoms with Crippen LogP contribution < -0.4 is 0 Å². The Hall–Kier alpha value is -1.32. The van der Waals surface area contributed by atoms with Crippen molar-refractivity contribution in [3.05, 3.63) is 11.6 Å². The number of hydrogen-bond donors (Lipinski definition) is 2. The van der Waals surface area contributed by atoms with Crippen LogP contribution in [0.1, 0.15) is 72.6 Å². The number of carboxylic acid groups (broad SMARTS) is 2. The third kappa shape index (κ3) is 3.38. The SMILES string of the molecule is CC1=CC[C@H]2[C@](C)(CCC[C@@]2(C)C(=O)O)[C@H]1CC[C@H](C)CC(=O)O. The molecule has 1 fully saturated rings. The van der Waals surface area contributed by atoms with Gasteiger partial charge in [0.2, 0.25) is 0 Å². The summed E-state index contributed by atoms with van der Waals surface area (Å²) in [6.45, 7) is 8.37. The summed E-state index contributed by atoms with van der Waals surface area (Å²) in [5.74, 6) is -0.706. The smallest absolute Gasteiger partial charge is 0.309 e. The molecule has 0 heterocycles. The quantitative estimate of drug-likeness (QED) is 0.687. The molecule has 136 valence electrons. The number of carbonyl (C=O) groups is 2. The van der Waals surface area contributed by atoms with Crippen molar-refractivity contribution in [3.8, 4) is 0 Å². The first-order valence-electron chi connectivity index (χ1n) is 9.23. The Morgan fingerprint density at radius 1 is 1.29 bits per heavy atom. The highest BCUT2D eigenvalue weighted by Gasteiger charge is 2.56. The van der Waals surface area contributed by atoms with Gasteiger partial charge >= 0.3 is 11.9 Å². The molecule has 4 heteroatoms. The Labute approximate surface area is 145 Å². The van der Waals surface area contributed by atoms with Gasteiger partial charge in [0, 0.05) is 6.42 Å². The van der Waals surface area contributed by atoms with Crippen molar-refractivity contribution < 1.29 is 19.8 Å². The minimum absolute atomic E-state index is 0.00711. The fraction of sp³-hybridized carbons (Fsp3) is 0.800. The van der Waals surface area contributed by atoms with Crippen LogP contribution >= 0.6 is 0 Å². The standard InChI is InChI=1S/C20H32O4/c1-13(12-17(21)22)6-8-15-14(2)7-9-16-19(15,3)10-5-11-20(16,4)18(23)24/h7,13,15-16H,5-6,8-12H2,1-4H3,(H,21,22)(H,23,24)/t13-,15-,16-,19+,20+/m0/s1. The van der Waals surface area contributed by atoms with Crippen LogP contribution in [0.4, 0.5) is 0 Å². The third-order valence-electron chi connectivity index (χ3n) is 6.96. The second-order valence-electron chi connectivity index (χ2n) is 8.65. The third-order valence-corrected chi connectivity index (χ3v) is 6.96. The maximum absolute atomic E-state index is 12.0. The van der Waals surface area contributed by atoms with Crippen LogP contribution in [0.25, 0.3) is 0 Å². The first kappa shape index (κ1) is 19.0. The van der Waals surface area contributed by atoms with Gasteiger partial charge in [-0.15, -0.1) is 0 Å². The van der Waals surface area contributed by atoms with Gasteiger partial charge in [0.1, 0.15) is 0 Å². The van der Waals surface area contributed by atoms with E-state index >= 15 is 0 Å². The summed E-state index contributed by atoms with van der Waals surface area (Å²) >= 11 is 0. The summed E-state index contributed by atoms with van der Waals surface area (Å²) in [4.78, 5) is 22.9. The molecule has 2 aliphatic carbocycles. The largest absolute Gasteiger partial charge is 0.481 e. The molecule has 2 rings (SSSR count). The summed E-state index contributed by atoms with van der Waals surface area (Å²) in [7, 11) is 0. The number of carboxylic acids is 2. The fourth-order valence-corrected chi connectivity index (χ4v) is 5.49. The number of fused-ring (bicyclic) bond motifs is 1. The zero-order valence-electron chi connectivity index (χ0n) is 15.5. The van der Waals surface area contributed by atoms with Gasteiger partial charge < -0.3 is 10.2 Å². The molecule has 2 N–H and O–H groups in total. The summed E-state index contributed by atoms with van der Waals surface area (Å²) in [6.07, 6.45) is 7.94. The van der Waals surface area contributed by atoms with Crippen LogP contribution in [0.2, 0.25) is 0 Å². The van der Waals surface area contributed by atoms with Crippen molar-refractivity contribution in [1.29, 1.82) is 0 Å². The number of aliphatic carboxylic acids is 2. The number of allylic oxidation sites excluding steroid dienone is 2. The lowest BCUT2D eigenvalue weighted by atomic mass is 9.47. The second-order valence-corrected chi connectivity index (χ2v) is 8.65. The fourth-order valence-electron chi connectivity index (χ4n) is 5.49. The van der Waals surface area contributed by atoms with Crippen LogP contribution in [0, 0.1) is 28.6 Å². The summed E-state index contributed by atoms with van der Waals surface area (Å²) < 4.78 is 0. The molecule has 0 spiro atoms. The van der Waals surface area contributed by atoms with E-state index in [0.29, 0.717) is 5.92 Å². The van der Waals surface area contributed by atoms with Gasteiger partial charge in [0.25, 0.3) is 0 Å². The van der Waals surface area contributed by atoms with Gasteiger partial charge in [-0.25, -0.2) is 0 Å². The Balaban J connectivity index is 2.21. The van der Waals surface area contributed by atoms with Gasteiger partial charge in [0.15, 0.2) is 0 Å². The predicted molar refractivity (Wildman–Crippen MR) is 93.7 cm³/mol. The lowest BCUT2D eigenvalue weighted by Crippen LogP contribution is -2.52. The molecule has 0 radical (unpaired) electrons. The molecule has 24 heavy (non-hydrogen) atoms. The molecule has 0 aromatic rings. The highest BCUT2D eigenvalue weighted by molar-refractivity contribution is 5.75. The Bertz CT molecular complexity index is 538. The molecule has 2 aliphatic rings. The van der Waals surface area contributed by atoms with Crippen molar-refractivity contribution in [2.24, 2.45) is 28.6 Å². The van der Waals surface area contributed by atoms with Crippen LogP contribution in [-0.4, -0.2) is 22.2 Å². The van der Waals surface area contributed by atoms with Crippen LogP contribution in [0.5, 0.6) is 0 Å². The first-order chi connectivity index (χ1) is 11.1. The second kappa shape index (κ2) is 6.89. The van der Waals surface area contributed by atoms with E-state index in [1.165, 1.54) is 5.57 Å². The van der Waals surface area contributed by atoms with Crippen LogP contribution in [0.15, 0.2) is 11.6 Å². The van der Waals surface area contributed by atoms with E-state index in [1.807, 2.05) is 13.8 Å². The highest BCUT2D eigenvalue weighted by Crippen LogP contribution is 2.60. The molecule has 4 nitrogen and oxygen atoms in total. The average molecular weight is 336 g/mol. The summed E-state index contributed by atoms with van der Waals surface area (Å²) in [5.41, 5.74) is 0.730. The molecule has 0 saturated heterocycles. The van der Waals surface area contributed by atoms with Crippen molar-refractivity contribution in [3.63, 3.8) is 0 Å². The molecule has 0 aromatic heterocycles. The lowest BCUT2D eigenvalue weighted by molar-refractivity contribution is -0.162. The van der Waals surface area contributed by atoms with Crippen LogP contribution in [-0.2, 0) is 9.59 Å². The van der Waals surface area contributed by atoms with Crippen LogP contribution in [0.3, 0.4) is 0 Å². The van der Waals surface area contributed by atoms with E-state index in [2.05, 4.69) is 19.9 Å². The monoisotopic (exact) mass is 336 g/mol. The topological polar surface area (TPSA) is 74.6 Å². The van der Waals surface area contributed by atoms with Crippen molar-refractivity contribution in [2.45, 2.75) is 72.6 Å². The molecular formula is C20H32O4. The minimum Gasteiger partial charge on any atom is -0.481 e. The molecule has 1 saturated carbocycles. The van der Waals surface area contributed by atoms with E-state index in [9.17, 15) is 14.7 Å². The average Bonchev–Trinajstić information content (AvgIpc) is 2.45. The molecule has 0 bridgehead atoms.